The molecular formula is C12H10BrNO5. The molecule has 1 aromatic rings. The second-order valence-corrected chi connectivity index (χ2v) is 4.85. The minimum Gasteiger partial charge on any atom is -0.299 e. The molecule has 0 aliphatic heterocycles. The van der Waals surface area contributed by atoms with E-state index in [-0.39, 0.29) is 5.56 Å². The van der Waals surface area contributed by atoms with Crippen molar-refractivity contribution >= 4 is 39.0 Å². The summed E-state index contributed by atoms with van der Waals surface area (Å²) < 4.78 is 0.451. The van der Waals surface area contributed by atoms with Gasteiger partial charge in [0.2, 0.25) is 0 Å². The van der Waals surface area contributed by atoms with E-state index in [1.54, 1.807) is 0 Å². The zero-order chi connectivity index (χ0) is 14.7. The number of carbonyl (C=O) groups is 3. The van der Waals surface area contributed by atoms with Crippen LogP contribution in [0, 0.1) is 16.0 Å². The van der Waals surface area contributed by atoms with E-state index in [9.17, 15) is 24.5 Å². The Morgan fingerprint density at radius 1 is 1.21 bits per heavy atom. The van der Waals surface area contributed by atoms with E-state index in [0.29, 0.717) is 4.47 Å². The van der Waals surface area contributed by atoms with Gasteiger partial charge in [0.05, 0.1) is 10.5 Å². The molecule has 0 radical (unpaired) electrons. The molecule has 100 valence electrons. The molecule has 0 N–H and O–H groups in total. The molecular weight excluding hydrogens is 318 g/mol. The van der Waals surface area contributed by atoms with Crippen LogP contribution >= 0.6 is 15.9 Å². The molecule has 0 aromatic heterocycles. The molecule has 7 heteroatoms. The first kappa shape index (κ1) is 15.2. The van der Waals surface area contributed by atoms with E-state index in [1.165, 1.54) is 12.1 Å². The molecule has 0 saturated heterocycles. The number of carbonyl (C=O) groups excluding carboxylic acids is 3. The monoisotopic (exact) mass is 327 g/mol. The number of nitrogens with zero attached hydrogens (tertiary/aromatic N) is 1. The molecule has 0 bridgehead atoms. The highest BCUT2D eigenvalue weighted by Gasteiger charge is 2.33. The van der Waals surface area contributed by atoms with Crippen molar-refractivity contribution in [3.05, 3.63) is 38.3 Å². The number of benzene rings is 1. The van der Waals surface area contributed by atoms with Gasteiger partial charge in [-0.1, -0.05) is 15.9 Å². The summed E-state index contributed by atoms with van der Waals surface area (Å²) in [7, 11) is 0. The standard InChI is InChI=1S/C12H10BrNO5/c1-6(15)11(7(2)16)12(17)9-5-8(13)3-4-10(9)14(18)19/h3-5,11H,1-2H3. The first-order valence-corrected chi connectivity index (χ1v) is 6.04. The van der Waals surface area contributed by atoms with Gasteiger partial charge in [-0.3, -0.25) is 24.5 Å². The van der Waals surface area contributed by atoms with Gasteiger partial charge in [-0.25, -0.2) is 0 Å². The zero-order valence-corrected chi connectivity index (χ0v) is 11.8. The van der Waals surface area contributed by atoms with Crippen LogP contribution in [0.2, 0.25) is 0 Å². The first-order valence-electron chi connectivity index (χ1n) is 5.24. The van der Waals surface area contributed by atoms with Crippen molar-refractivity contribution in [1.29, 1.82) is 0 Å². The Bertz CT molecular complexity index is 567. The SMILES string of the molecule is CC(=O)C(C(C)=O)C(=O)c1cc(Br)ccc1[N+](=O)[O-]. The van der Waals surface area contributed by atoms with Crippen LogP contribution in [0.1, 0.15) is 24.2 Å². The minimum absolute atomic E-state index is 0.255. The van der Waals surface area contributed by atoms with Crippen LogP contribution in [0.5, 0.6) is 0 Å². The fourth-order valence-electron chi connectivity index (χ4n) is 1.68. The molecule has 19 heavy (non-hydrogen) atoms. The summed E-state index contributed by atoms with van der Waals surface area (Å²) in [5, 5.41) is 10.9. The van der Waals surface area contributed by atoms with Crippen molar-refractivity contribution in [2.24, 2.45) is 5.92 Å². The van der Waals surface area contributed by atoms with E-state index in [4.69, 9.17) is 0 Å². The lowest BCUT2D eigenvalue weighted by Gasteiger charge is -2.09. The molecule has 0 atom stereocenters. The van der Waals surface area contributed by atoms with E-state index >= 15 is 0 Å². The fraction of sp³-hybridized carbons (Fsp3) is 0.250. The predicted molar refractivity (Wildman–Crippen MR) is 70.0 cm³/mol. The van der Waals surface area contributed by atoms with Crippen LogP contribution in [0.15, 0.2) is 22.7 Å². The normalized spacial score (nSPS) is 10.3. The maximum Gasteiger partial charge on any atom is 0.280 e. The van der Waals surface area contributed by atoms with Crippen LogP contribution in [-0.2, 0) is 9.59 Å². The van der Waals surface area contributed by atoms with Crippen molar-refractivity contribution in [1.82, 2.24) is 0 Å². The van der Waals surface area contributed by atoms with Gasteiger partial charge in [-0.15, -0.1) is 0 Å². The fourth-order valence-corrected chi connectivity index (χ4v) is 2.04. The van der Waals surface area contributed by atoms with Crippen LogP contribution in [0.25, 0.3) is 0 Å². The van der Waals surface area contributed by atoms with Gasteiger partial charge in [0.25, 0.3) is 5.69 Å². The molecule has 0 fully saturated rings. The zero-order valence-electron chi connectivity index (χ0n) is 10.2. The summed E-state index contributed by atoms with van der Waals surface area (Å²) in [4.78, 5) is 45.0. The van der Waals surface area contributed by atoms with Crippen molar-refractivity contribution in [2.75, 3.05) is 0 Å². The Kier molecular flexibility index (Phi) is 4.66. The van der Waals surface area contributed by atoms with Crippen molar-refractivity contribution < 1.29 is 19.3 Å². The molecule has 0 unspecified atom stereocenters. The third-order valence-electron chi connectivity index (χ3n) is 2.50. The van der Waals surface area contributed by atoms with Gasteiger partial charge in [0.15, 0.2) is 5.78 Å². The molecule has 0 saturated carbocycles. The summed E-state index contributed by atoms with van der Waals surface area (Å²) in [6.07, 6.45) is 0. The molecule has 6 nitrogen and oxygen atoms in total. The lowest BCUT2D eigenvalue weighted by Crippen LogP contribution is -2.29. The number of hydrogen-bond acceptors (Lipinski definition) is 5. The minimum atomic E-state index is -1.49. The Labute approximate surface area is 117 Å². The van der Waals surface area contributed by atoms with Crippen LogP contribution in [0.3, 0.4) is 0 Å². The Morgan fingerprint density at radius 2 is 1.74 bits per heavy atom. The van der Waals surface area contributed by atoms with Crippen molar-refractivity contribution in [2.45, 2.75) is 13.8 Å². The largest absolute Gasteiger partial charge is 0.299 e. The topological polar surface area (TPSA) is 94.3 Å². The number of rotatable bonds is 5. The Morgan fingerprint density at radius 3 is 2.16 bits per heavy atom. The third-order valence-corrected chi connectivity index (χ3v) is 2.99. The number of hydrogen-bond donors (Lipinski definition) is 0. The van der Waals surface area contributed by atoms with Gasteiger partial charge >= 0.3 is 0 Å². The first-order chi connectivity index (χ1) is 8.75. The highest BCUT2D eigenvalue weighted by molar-refractivity contribution is 9.10. The van der Waals surface area contributed by atoms with Gasteiger partial charge in [-0.2, -0.15) is 0 Å². The van der Waals surface area contributed by atoms with E-state index in [2.05, 4.69) is 15.9 Å². The molecule has 0 aliphatic rings. The second-order valence-electron chi connectivity index (χ2n) is 3.94. The van der Waals surface area contributed by atoms with E-state index in [0.717, 1.165) is 19.9 Å². The average molecular weight is 328 g/mol. The van der Waals surface area contributed by atoms with Crippen molar-refractivity contribution in [3.8, 4) is 0 Å². The average Bonchev–Trinajstić information content (AvgIpc) is 2.27. The highest BCUT2D eigenvalue weighted by atomic mass is 79.9. The quantitative estimate of drug-likeness (QED) is 0.358. The smallest absolute Gasteiger partial charge is 0.280 e. The molecule has 0 amide bonds. The summed E-state index contributed by atoms with van der Waals surface area (Å²) >= 11 is 3.09. The summed E-state index contributed by atoms with van der Waals surface area (Å²) in [5.41, 5.74) is -0.685. The van der Waals surface area contributed by atoms with Crippen LogP contribution < -0.4 is 0 Å². The lowest BCUT2D eigenvalue weighted by atomic mass is 9.90. The number of ketones is 3. The molecule has 0 aliphatic carbocycles. The summed E-state index contributed by atoms with van der Waals surface area (Å²) in [5.74, 6) is -3.61. The van der Waals surface area contributed by atoms with Crippen LogP contribution in [0.4, 0.5) is 5.69 Å². The number of nitro groups is 1. The number of Topliss-reactive ketones (excluding diaryl/α,β-unsaturated/α-hetero) is 3. The number of nitro benzene ring substituents is 1. The van der Waals surface area contributed by atoms with Gasteiger partial charge in [0, 0.05) is 10.5 Å². The van der Waals surface area contributed by atoms with E-state index < -0.39 is 33.9 Å². The summed E-state index contributed by atoms with van der Waals surface area (Å²) in [6.45, 7) is 2.21. The van der Waals surface area contributed by atoms with Gasteiger partial charge in [0.1, 0.15) is 17.5 Å². The maximum absolute atomic E-state index is 12.1. The number of halogens is 1. The second kappa shape index (κ2) is 5.83. The highest BCUT2D eigenvalue weighted by Crippen LogP contribution is 2.26. The Balaban J connectivity index is 3.39. The van der Waals surface area contributed by atoms with Crippen molar-refractivity contribution in [3.63, 3.8) is 0 Å². The van der Waals surface area contributed by atoms with Gasteiger partial charge < -0.3 is 0 Å². The predicted octanol–water partition coefficient (Wildman–Crippen LogP) is 2.33. The molecule has 1 rings (SSSR count). The van der Waals surface area contributed by atoms with Gasteiger partial charge in [-0.05, 0) is 26.0 Å². The molecule has 0 heterocycles. The summed E-state index contributed by atoms with van der Waals surface area (Å²) in [6, 6.07) is 3.79. The third kappa shape index (κ3) is 3.31. The maximum atomic E-state index is 12.1. The molecule has 0 spiro atoms. The van der Waals surface area contributed by atoms with Crippen LogP contribution in [-0.4, -0.2) is 22.3 Å². The Hall–Kier alpha value is -1.89. The lowest BCUT2D eigenvalue weighted by molar-refractivity contribution is -0.385. The van der Waals surface area contributed by atoms with E-state index in [1.807, 2.05) is 0 Å². The molecule has 1 aromatic carbocycles.